The molecule has 4 nitrogen and oxygen atoms in total. The van der Waals surface area contributed by atoms with Gasteiger partial charge in [-0.3, -0.25) is 9.69 Å². The van der Waals surface area contributed by atoms with Gasteiger partial charge in [-0.15, -0.1) is 0 Å². The van der Waals surface area contributed by atoms with Gasteiger partial charge in [0, 0.05) is 42.5 Å². The molecular weight excluding hydrogens is 312 g/mol. The number of aromatic amines is 1. The predicted molar refractivity (Wildman–Crippen MR) is 99.4 cm³/mol. The first kappa shape index (κ1) is 16.4. The normalized spacial score (nSPS) is 21.4. The number of benzene rings is 1. The Balaban J connectivity index is 1.61. The summed E-state index contributed by atoms with van der Waals surface area (Å²) in [5, 5.41) is 1.38. The van der Waals surface area contributed by atoms with Crippen LogP contribution in [0.25, 0.3) is 10.9 Å². The topological polar surface area (TPSA) is 45.3 Å². The Kier molecular flexibility index (Phi) is 4.38. The summed E-state index contributed by atoms with van der Waals surface area (Å²) >= 11 is 0. The number of carbonyl (C=O) groups is 1. The molecule has 3 heterocycles. The number of ether oxygens (including phenoxy) is 1. The molecule has 0 aliphatic carbocycles. The first-order valence-electron chi connectivity index (χ1n) is 9.33. The van der Waals surface area contributed by atoms with Crippen molar-refractivity contribution in [1.82, 2.24) is 9.88 Å². The van der Waals surface area contributed by atoms with Crippen LogP contribution >= 0.6 is 0 Å². The van der Waals surface area contributed by atoms with Crippen molar-refractivity contribution in [3.8, 4) is 0 Å². The molecule has 2 aliphatic rings. The summed E-state index contributed by atoms with van der Waals surface area (Å²) in [6.45, 7) is 6.28. The highest BCUT2D eigenvalue weighted by Gasteiger charge is 2.34. The number of para-hydroxylation sites is 1. The number of carbonyl (C=O) groups excluding carboxylic acids is 1. The summed E-state index contributed by atoms with van der Waals surface area (Å²) in [5.41, 5.74) is 5.57. The van der Waals surface area contributed by atoms with Gasteiger partial charge in [0.1, 0.15) is 0 Å². The van der Waals surface area contributed by atoms with Gasteiger partial charge in [-0.25, -0.2) is 0 Å². The molecule has 4 rings (SSSR count). The van der Waals surface area contributed by atoms with E-state index in [9.17, 15) is 4.79 Å². The Labute approximate surface area is 148 Å². The quantitative estimate of drug-likeness (QED) is 0.677. The third-order valence-electron chi connectivity index (χ3n) is 5.79. The summed E-state index contributed by atoms with van der Waals surface area (Å²) < 4.78 is 5.30. The van der Waals surface area contributed by atoms with Gasteiger partial charge in [0.25, 0.3) is 0 Å². The minimum absolute atomic E-state index is 0.188. The third kappa shape index (κ3) is 2.99. The number of nitrogens with one attached hydrogen (secondary N) is 1. The van der Waals surface area contributed by atoms with E-state index in [2.05, 4.69) is 47.1 Å². The zero-order valence-electron chi connectivity index (χ0n) is 15.0. The van der Waals surface area contributed by atoms with Crippen molar-refractivity contribution in [1.29, 1.82) is 0 Å². The van der Waals surface area contributed by atoms with Crippen LogP contribution in [0.4, 0.5) is 0 Å². The first-order chi connectivity index (χ1) is 12.2. The molecule has 2 atom stereocenters. The second-order valence-corrected chi connectivity index (χ2v) is 7.21. The fourth-order valence-corrected chi connectivity index (χ4v) is 4.40. The molecular formula is C21H26N2O2. The van der Waals surface area contributed by atoms with Crippen molar-refractivity contribution in [2.24, 2.45) is 5.92 Å². The average molecular weight is 338 g/mol. The second kappa shape index (κ2) is 6.68. The summed E-state index contributed by atoms with van der Waals surface area (Å²) in [6.07, 6.45) is 5.51. The lowest BCUT2D eigenvalue weighted by Gasteiger charge is -2.40. The van der Waals surface area contributed by atoms with Crippen LogP contribution in [-0.2, 0) is 16.0 Å². The third-order valence-corrected chi connectivity index (χ3v) is 5.79. The Morgan fingerprint density at radius 3 is 3.04 bits per heavy atom. The molecule has 0 amide bonds. The van der Waals surface area contributed by atoms with Gasteiger partial charge >= 0.3 is 5.97 Å². The first-order valence-corrected chi connectivity index (χ1v) is 9.33. The van der Waals surface area contributed by atoms with E-state index in [1.165, 1.54) is 34.7 Å². The highest BCUT2D eigenvalue weighted by atomic mass is 16.5. The number of nitrogens with zero attached hydrogens (tertiary/aromatic N) is 1. The minimum atomic E-state index is -0.188. The van der Waals surface area contributed by atoms with Crippen molar-refractivity contribution >= 4 is 16.9 Å². The van der Waals surface area contributed by atoms with Crippen LogP contribution in [0.3, 0.4) is 0 Å². The molecule has 1 aromatic carbocycles. The summed E-state index contributed by atoms with van der Waals surface area (Å²) in [7, 11) is 0. The van der Waals surface area contributed by atoms with Gasteiger partial charge in [-0.2, -0.15) is 0 Å². The van der Waals surface area contributed by atoms with Crippen molar-refractivity contribution < 1.29 is 9.53 Å². The Hall–Kier alpha value is -2.07. The van der Waals surface area contributed by atoms with Crippen LogP contribution in [0.15, 0.2) is 35.9 Å². The Morgan fingerprint density at radius 1 is 1.40 bits per heavy atom. The van der Waals surface area contributed by atoms with E-state index in [1.54, 1.807) is 0 Å². The maximum Gasteiger partial charge on any atom is 0.302 e. The van der Waals surface area contributed by atoms with E-state index >= 15 is 0 Å². The van der Waals surface area contributed by atoms with Crippen molar-refractivity contribution in [2.75, 3.05) is 19.7 Å². The molecule has 1 aromatic heterocycles. The van der Waals surface area contributed by atoms with Crippen LogP contribution in [0.1, 0.15) is 44.0 Å². The molecule has 2 aromatic rings. The standard InChI is InChI=1S/C21H26N2O2/c1-3-15(13-25-14(2)24)16-8-10-23-11-9-18-17-6-4-5-7-19(17)22-21(18)20(23)12-16/h4-8,15,20,22H,3,9-13H2,1-2H3. The monoisotopic (exact) mass is 338 g/mol. The molecule has 1 N–H and O–H groups in total. The maximum absolute atomic E-state index is 11.2. The molecule has 0 bridgehead atoms. The smallest absolute Gasteiger partial charge is 0.302 e. The summed E-state index contributed by atoms with van der Waals surface area (Å²) in [5.74, 6) is 0.146. The average Bonchev–Trinajstić information content (AvgIpc) is 3.01. The fraction of sp³-hybridized carbons (Fsp3) is 0.476. The van der Waals surface area contributed by atoms with Crippen LogP contribution in [0.5, 0.6) is 0 Å². The van der Waals surface area contributed by atoms with Gasteiger partial charge in [0.2, 0.25) is 0 Å². The van der Waals surface area contributed by atoms with Gasteiger partial charge in [-0.1, -0.05) is 36.8 Å². The van der Waals surface area contributed by atoms with E-state index in [0.29, 0.717) is 18.6 Å². The zero-order chi connectivity index (χ0) is 17.4. The molecule has 0 spiro atoms. The number of hydrogen-bond acceptors (Lipinski definition) is 3. The van der Waals surface area contributed by atoms with E-state index in [0.717, 1.165) is 32.4 Å². The molecule has 2 unspecified atom stereocenters. The maximum atomic E-state index is 11.2. The SMILES string of the molecule is CCC(COC(C)=O)C1=CCN2CCc3c([nH]c4ccccc34)C2C1. The lowest BCUT2D eigenvalue weighted by atomic mass is 9.84. The number of H-pyrrole nitrogens is 1. The Bertz CT molecular complexity index is 820. The molecule has 0 radical (unpaired) electrons. The molecule has 0 saturated heterocycles. The number of hydrogen-bond donors (Lipinski definition) is 1. The second-order valence-electron chi connectivity index (χ2n) is 7.21. The van der Waals surface area contributed by atoms with Gasteiger partial charge < -0.3 is 9.72 Å². The fourth-order valence-electron chi connectivity index (χ4n) is 4.40. The van der Waals surface area contributed by atoms with Crippen LogP contribution in [0.2, 0.25) is 0 Å². The highest BCUT2D eigenvalue weighted by molar-refractivity contribution is 5.85. The lowest BCUT2D eigenvalue weighted by molar-refractivity contribution is -0.142. The largest absolute Gasteiger partial charge is 0.465 e. The molecule has 0 fully saturated rings. The molecule has 4 heteroatoms. The van der Waals surface area contributed by atoms with Crippen LogP contribution in [-0.4, -0.2) is 35.5 Å². The predicted octanol–water partition coefficient (Wildman–Crippen LogP) is 3.99. The molecule has 132 valence electrons. The van der Waals surface area contributed by atoms with Crippen LogP contribution < -0.4 is 0 Å². The van der Waals surface area contributed by atoms with Crippen LogP contribution in [0, 0.1) is 5.92 Å². The zero-order valence-corrected chi connectivity index (χ0v) is 15.0. The molecule has 0 saturated carbocycles. The molecule has 2 aliphatic heterocycles. The van der Waals surface area contributed by atoms with Crippen molar-refractivity contribution in [2.45, 2.75) is 39.2 Å². The minimum Gasteiger partial charge on any atom is -0.465 e. The number of esters is 1. The highest BCUT2D eigenvalue weighted by Crippen LogP contribution is 2.41. The van der Waals surface area contributed by atoms with Crippen molar-refractivity contribution in [3.05, 3.63) is 47.2 Å². The van der Waals surface area contributed by atoms with Gasteiger partial charge in [-0.05, 0) is 30.9 Å². The van der Waals surface area contributed by atoms with E-state index in [4.69, 9.17) is 4.74 Å². The van der Waals surface area contributed by atoms with E-state index in [-0.39, 0.29) is 5.97 Å². The number of aromatic nitrogens is 1. The lowest BCUT2D eigenvalue weighted by Crippen LogP contribution is -2.39. The Morgan fingerprint density at radius 2 is 2.24 bits per heavy atom. The van der Waals surface area contributed by atoms with E-state index < -0.39 is 0 Å². The van der Waals surface area contributed by atoms with Gasteiger partial charge in [0.05, 0.1) is 12.6 Å². The molecule has 25 heavy (non-hydrogen) atoms. The summed E-state index contributed by atoms with van der Waals surface area (Å²) in [6, 6.07) is 9.05. The number of fused-ring (bicyclic) bond motifs is 5. The van der Waals surface area contributed by atoms with Gasteiger partial charge in [0.15, 0.2) is 0 Å². The summed E-state index contributed by atoms with van der Waals surface area (Å²) in [4.78, 5) is 17.4. The number of rotatable bonds is 4. The van der Waals surface area contributed by atoms with Crippen molar-refractivity contribution in [3.63, 3.8) is 0 Å². The van der Waals surface area contributed by atoms with E-state index in [1.807, 2.05) is 0 Å².